The lowest BCUT2D eigenvalue weighted by molar-refractivity contribution is -0.138. The van der Waals surface area contributed by atoms with Crippen molar-refractivity contribution in [2.75, 3.05) is 19.7 Å². The van der Waals surface area contributed by atoms with Gasteiger partial charge in [0.2, 0.25) is 0 Å². The smallest absolute Gasteiger partial charge is 0.310 e. The third kappa shape index (κ3) is 4.13. The molecule has 18 heavy (non-hydrogen) atoms. The fourth-order valence-electron chi connectivity index (χ4n) is 1.80. The summed E-state index contributed by atoms with van der Waals surface area (Å²) in [4.78, 5) is 13.0. The van der Waals surface area contributed by atoms with Gasteiger partial charge in [0.1, 0.15) is 0 Å². The summed E-state index contributed by atoms with van der Waals surface area (Å²) in [5.41, 5.74) is 1.95. The summed E-state index contributed by atoms with van der Waals surface area (Å²) in [6.07, 6.45) is 0. The predicted octanol–water partition coefficient (Wildman–Crippen LogP) is 1.69. The van der Waals surface area contributed by atoms with Crippen molar-refractivity contribution in [2.24, 2.45) is 0 Å². The Morgan fingerprint density at radius 1 is 1.33 bits per heavy atom. The molecule has 1 rings (SSSR count). The average molecular weight is 251 g/mol. The van der Waals surface area contributed by atoms with Crippen LogP contribution in [0.15, 0.2) is 24.3 Å². The van der Waals surface area contributed by atoms with E-state index in [1.54, 1.807) is 6.92 Å². The highest BCUT2D eigenvalue weighted by Crippen LogP contribution is 2.16. The monoisotopic (exact) mass is 251 g/mol. The van der Waals surface area contributed by atoms with E-state index in [1.165, 1.54) is 0 Å². The Labute approximate surface area is 108 Å². The number of aliphatic carboxylic acids is 1. The van der Waals surface area contributed by atoms with Crippen molar-refractivity contribution in [1.29, 1.82) is 0 Å². The summed E-state index contributed by atoms with van der Waals surface area (Å²) < 4.78 is 0. The van der Waals surface area contributed by atoms with Gasteiger partial charge in [-0.05, 0) is 24.6 Å². The number of carboxylic acids is 1. The zero-order valence-electron chi connectivity index (χ0n) is 11.0. The fraction of sp³-hybridized carbons (Fsp3) is 0.500. The molecule has 0 saturated carbocycles. The van der Waals surface area contributed by atoms with Gasteiger partial charge in [0, 0.05) is 13.1 Å². The molecule has 0 bridgehead atoms. The van der Waals surface area contributed by atoms with Gasteiger partial charge in [-0.1, -0.05) is 31.2 Å². The Kier molecular flexibility index (Phi) is 5.82. The molecule has 1 aromatic rings. The zero-order chi connectivity index (χ0) is 13.5. The van der Waals surface area contributed by atoms with Crippen LogP contribution in [0.5, 0.6) is 0 Å². The molecule has 4 heteroatoms. The summed E-state index contributed by atoms with van der Waals surface area (Å²) >= 11 is 0. The standard InChI is InChI=1S/C14H21NO3/c1-3-15(8-9-16)10-12-4-6-13(7-5-12)11(2)14(17)18/h4-7,11,16H,3,8-10H2,1-2H3,(H,17,18). The van der Waals surface area contributed by atoms with Crippen LogP contribution < -0.4 is 0 Å². The minimum atomic E-state index is -0.807. The first-order chi connectivity index (χ1) is 8.58. The highest BCUT2D eigenvalue weighted by molar-refractivity contribution is 5.75. The SMILES string of the molecule is CCN(CCO)Cc1ccc(C(C)C(=O)O)cc1. The second kappa shape index (κ2) is 7.13. The first kappa shape index (κ1) is 14.7. The molecule has 0 aliphatic carbocycles. The van der Waals surface area contributed by atoms with Crippen LogP contribution in [-0.2, 0) is 11.3 Å². The van der Waals surface area contributed by atoms with Crippen LogP contribution >= 0.6 is 0 Å². The van der Waals surface area contributed by atoms with Crippen LogP contribution in [0.25, 0.3) is 0 Å². The van der Waals surface area contributed by atoms with Crippen LogP contribution in [0, 0.1) is 0 Å². The summed E-state index contributed by atoms with van der Waals surface area (Å²) in [6.45, 7) is 6.20. The van der Waals surface area contributed by atoms with Gasteiger partial charge in [0.25, 0.3) is 0 Å². The molecule has 1 aromatic carbocycles. The minimum Gasteiger partial charge on any atom is -0.481 e. The number of benzene rings is 1. The molecule has 0 spiro atoms. The van der Waals surface area contributed by atoms with Crippen molar-refractivity contribution >= 4 is 5.97 Å². The number of rotatable bonds is 7. The molecule has 0 radical (unpaired) electrons. The third-order valence-corrected chi connectivity index (χ3v) is 3.12. The lowest BCUT2D eigenvalue weighted by Crippen LogP contribution is -2.26. The number of hydrogen-bond donors (Lipinski definition) is 2. The lowest BCUT2D eigenvalue weighted by atomic mass is 10.00. The molecule has 0 heterocycles. The number of carbonyl (C=O) groups is 1. The van der Waals surface area contributed by atoms with Gasteiger partial charge in [-0.2, -0.15) is 0 Å². The Hall–Kier alpha value is -1.39. The van der Waals surface area contributed by atoms with Crippen molar-refractivity contribution in [3.8, 4) is 0 Å². The van der Waals surface area contributed by atoms with E-state index >= 15 is 0 Å². The van der Waals surface area contributed by atoms with Gasteiger partial charge in [-0.25, -0.2) is 0 Å². The van der Waals surface area contributed by atoms with E-state index < -0.39 is 11.9 Å². The van der Waals surface area contributed by atoms with Gasteiger partial charge in [0.05, 0.1) is 12.5 Å². The number of aliphatic hydroxyl groups excluding tert-OH is 1. The van der Waals surface area contributed by atoms with Crippen molar-refractivity contribution in [3.05, 3.63) is 35.4 Å². The number of likely N-dealkylation sites (N-methyl/N-ethyl adjacent to an activating group) is 1. The van der Waals surface area contributed by atoms with Gasteiger partial charge in [-0.3, -0.25) is 9.69 Å². The molecule has 1 atom stereocenters. The summed E-state index contributed by atoms with van der Waals surface area (Å²) in [6, 6.07) is 7.63. The summed E-state index contributed by atoms with van der Waals surface area (Å²) in [5, 5.41) is 17.8. The van der Waals surface area contributed by atoms with E-state index in [0.29, 0.717) is 6.54 Å². The van der Waals surface area contributed by atoms with E-state index in [4.69, 9.17) is 10.2 Å². The zero-order valence-corrected chi connectivity index (χ0v) is 11.0. The maximum absolute atomic E-state index is 10.9. The predicted molar refractivity (Wildman–Crippen MR) is 70.5 cm³/mol. The summed E-state index contributed by atoms with van der Waals surface area (Å²) in [5.74, 6) is -1.28. The van der Waals surface area contributed by atoms with Crippen LogP contribution in [0.3, 0.4) is 0 Å². The average Bonchev–Trinajstić information content (AvgIpc) is 2.38. The van der Waals surface area contributed by atoms with E-state index in [-0.39, 0.29) is 6.61 Å². The van der Waals surface area contributed by atoms with Crippen LogP contribution in [0.2, 0.25) is 0 Å². The second-order valence-corrected chi connectivity index (χ2v) is 4.39. The molecule has 4 nitrogen and oxygen atoms in total. The van der Waals surface area contributed by atoms with Gasteiger partial charge < -0.3 is 10.2 Å². The fourth-order valence-corrected chi connectivity index (χ4v) is 1.80. The second-order valence-electron chi connectivity index (χ2n) is 4.39. The molecule has 2 N–H and O–H groups in total. The molecule has 0 fully saturated rings. The Morgan fingerprint density at radius 2 is 1.94 bits per heavy atom. The van der Waals surface area contributed by atoms with Crippen LogP contribution in [-0.4, -0.2) is 40.8 Å². The van der Waals surface area contributed by atoms with E-state index in [2.05, 4.69) is 11.8 Å². The molecule has 0 aliphatic heterocycles. The van der Waals surface area contributed by atoms with Crippen LogP contribution in [0.4, 0.5) is 0 Å². The highest BCUT2D eigenvalue weighted by atomic mass is 16.4. The molecule has 0 aliphatic rings. The number of hydrogen-bond acceptors (Lipinski definition) is 3. The van der Waals surface area contributed by atoms with Gasteiger partial charge in [-0.15, -0.1) is 0 Å². The molecule has 0 amide bonds. The molecule has 100 valence electrons. The molecular weight excluding hydrogens is 230 g/mol. The van der Waals surface area contributed by atoms with Crippen LogP contribution in [0.1, 0.15) is 30.9 Å². The number of nitrogens with zero attached hydrogens (tertiary/aromatic N) is 1. The largest absolute Gasteiger partial charge is 0.481 e. The van der Waals surface area contributed by atoms with Crippen molar-refractivity contribution in [3.63, 3.8) is 0 Å². The van der Waals surface area contributed by atoms with E-state index in [1.807, 2.05) is 24.3 Å². The minimum absolute atomic E-state index is 0.155. The van der Waals surface area contributed by atoms with E-state index in [0.717, 1.165) is 24.2 Å². The van der Waals surface area contributed by atoms with Crippen molar-refractivity contribution in [2.45, 2.75) is 26.3 Å². The van der Waals surface area contributed by atoms with E-state index in [9.17, 15) is 4.79 Å². The maximum Gasteiger partial charge on any atom is 0.310 e. The van der Waals surface area contributed by atoms with Crippen molar-refractivity contribution < 1.29 is 15.0 Å². The molecule has 1 unspecified atom stereocenters. The van der Waals surface area contributed by atoms with Crippen molar-refractivity contribution in [1.82, 2.24) is 4.90 Å². The third-order valence-electron chi connectivity index (χ3n) is 3.12. The first-order valence-corrected chi connectivity index (χ1v) is 6.23. The normalized spacial score (nSPS) is 12.7. The summed E-state index contributed by atoms with van der Waals surface area (Å²) in [7, 11) is 0. The Balaban J connectivity index is 2.67. The molecular formula is C14H21NO3. The quantitative estimate of drug-likeness (QED) is 0.774. The number of aliphatic hydroxyl groups is 1. The van der Waals surface area contributed by atoms with Gasteiger partial charge >= 0.3 is 5.97 Å². The molecule has 0 aromatic heterocycles. The highest BCUT2D eigenvalue weighted by Gasteiger charge is 2.13. The first-order valence-electron chi connectivity index (χ1n) is 6.23. The van der Waals surface area contributed by atoms with Gasteiger partial charge in [0.15, 0.2) is 0 Å². The topological polar surface area (TPSA) is 60.8 Å². The molecule has 0 saturated heterocycles. The number of carboxylic acid groups (broad SMARTS) is 1. The Bertz CT molecular complexity index is 375. The lowest BCUT2D eigenvalue weighted by Gasteiger charge is -2.19. The maximum atomic E-state index is 10.9. The Morgan fingerprint density at radius 3 is 2.39 bits per heavy atom.